The van der Waals surface area contributed by atoms with E-state index in [1.165, 1.54) is 0 Å². The van der Waals surface area contributed by atoms with Crippen LogP contribution in [-0.2, 0) is 67.7 Å². The second kappa shape index (κ2) is 37.6. The van der Waals surface area contributed by atoms with Crippen LogP contribution in [0.5, 0.6) is 0 Å². The standard InChI is InChI=1S/2C5H5.CHF3O3S.4CO.2Ru/c2*1-2-4-5-3-1;2-1(3,4)8(5,6)7;4*1-2;;/h2*1-5H;(H,5,6,7);;;;;;/q;;;;;;;+1;+2/p-1. The normalized spacial score (nSPS) is 12.9. The first-order valence-electron chi connectivity index (χ1n) is 5.42. The van der Waals surface area contributed by atoms with Crippen LogP contribution in [0.15, 0.2) is 0 Å². The Labute approximate surface area is 189 Å². The van der Waals surface area contributed by atoms with Gasteiger partial charge in [-0.3, -0.25) is 0 Å². The largest absolute Gasteiger partial charge is 2.00 e. The van der Waals surface area contributed by atoms with Crippen molar-refractivity contribution in [2.45, 2.75) is 5.51 Å². The SMILES string of the molecule is O=S(=O)([O-])C(F)(F)F.[C-]#[O+].[C-]#[O+].[C-]#[O+].[C-]#[O+].[CH]1[CH][CH][CH][CH]1.[CH]1[CH][CH][CH][CH]1.[Ru+2].[Ru+]. The number of rotatable bonds is 0. The molecule has 0 bridgehead atoms. The fourth-order valence-electron chi connectivity index (χ4n) is 0.642. The number of alkyl halides is 3. The Kier molecular flexibility index (Phi) is 62.1. The molecule has 2 aliphatic rings. The van der Waals surface area contributed by atoms with E-state index >= 15 is 0 Å². The van der Waals surface area contributed by atoms with Gasteiger partial charge in [-0.05, 0) is 64.2 Å². The summed E-state index contributed by atoms with van der Waals surface area (Å²) in [5, 5.41) is 0. The molecule has 11 radical (unpaired) electrons. The Hall–Kier alpha value is -0.0932. The first kappa shape index (κ1) is 46.2. The van der Waals surface area contributed by atoms with Gasteiger partial charge in [-0.1, -0.05) is 0 Å². The van der Waals surface area contributed by atoms with Crippen molar-refractivity contribution in [3.63, 3.8) is 0 Å². The van der Waals surface area contributed by atoms with Crippen LogP contribution in [-0.4, -0.2) is 18.5 Å². The molecule has 2 fully saturated rings. The van der Waals surface area contributed by atoms with Gasteiger partial charge in [0.25, 0.3) is 0 Å². The van der Waals surface area contributed by atoms with Gasteiger partial charge in [-0.15, -0.1) is 0 Å². The fourth-order valence-corrected chi connectivity index (χ4v) is 0.642. The van der Waals surface area contributed by atoms with E-state index in [9.17, 15) is 13.2 Å². The Balaban J connectivity index is -0.0000000394. The van der Waals surface area contributed by atoms with Crippen molar-refractivity contribution in [2.75, 3.05) is 0 Å². The number of hydrogen-bond donors (Lipinski definition) is 0. The summed E-state index contributed by atoms with van der Waals surface area (Å²) >= 11 is 0. The number of hydrogen-bond acceptors (Lipinski definition) is 3. The zero-order valence-electron chi connectivity index (χ0n) is 13.4. The predicted molar refractivity (Wildman–Crippen MR) is 74.5 cm³/mol. The summed E-state index contributed by atoms with van der Waals surface area (Å²) in [6.45, 7) is 18.0. The maximum Gasteiger partial charge on any atom is 2.00 e. The second-order valence-electron chi connectivity index (χ2n) is 2.82. The summed E-state index contributed by atoms with van der Waals surface area (Å²) in [7, 11) is -6.09. The van der Waals surface area contributed by atoms with E-state index in [4.69, 9.17) is 31.6 Å². The van der Waals surface area contributed by atoms with Crippen LogP contribution in [0.1, 0.15) is 0 Å². The maximum atomic E-state index is 10.7. The van der Waals surface area contributed by atoms with E-state index in [1.54, 1.807) is 0 Å². The molecule has 0 heterocycles. The van der Waals surface area contributed by atoms with Crippen LogP contribution in [0.4, 0.5) is 13.2 Å². The maximum absolute atomic E-state index is 10.7. The molecule has 0 aromatic carbocycles. The molecule has 0 saturated heterocycles. The van der Waals surface area contributed by atoms with Crippen molar-refractivity contribution in [3.8, 4) is 0 Å². The smallest absolute Gasteiger partial charge is 0.0312 e. The first-order valence-corrected chi connectivity index (χ1v) is 6.83. The minimum absolute atomic E-state index is 0. The molecule has 0 aliphatic heterocycles. The van der Waals surface area contributed by atoms with Crippen LogP contribution in [0.25, 0.3) is 0 Å². The summed E-state index contributed by atoms with van der Waals surface area (Å²) in [5.41, 5.74) is -5.65. The molecule has 0 amide bonds. The molecule has 2 saturated carbocycles. The average molecular weight is 593 g/mol. The van der Waals surface area contributed by atoms with Gasteiger partial charge in [0.2, 0.25) is 0 Å². The van der Waals surface area contributed by atoms with Crippen LogP contribution >= 0.6 is 0 Å². The molecule has 28 heavy (non-hydrogen) atoms. The third-order valence-corrected chi connectivity index (χ3v) is 1.96. The molecule has 0 aromatic rings. The second-order valence-corrected chi connectivity index (χ2v) is 4.20. The molecule has 153 valence electrons. The van der Waals surface area contributed by atoms with E-state index in [-0.39, 0.29) is 39.0 Å². The van der Waals surface area contributed by atoms with E-state index < -0.39 is 15.6 Å². The molecule has 0 N–H and O–H groups in total. The van der Waals surface area contributed by atoms with Crippen LogP contribution in [0, 0.1) is 90.8 Å². The third-order valence-electron chi connectivity index (χ3n) is 1.39. The van der Waals surface area contributed by atoms with Crippen molar-refractivity contribution in [1.82, 2.24) is 0 Å². The zero-order chi connectivity index (χ0) is 22.1. The molecule has 0 spiro atoms. The topological polar surface area (TPSA) is 137 Å². The van der Waals surface area contributed by atoms with E-state index in [2.05, 4.69) is 26.6 Å². The predicted octanol–water partition coefficient (Wildman–Crippen LogP) is 1.94. The zero-order valence-corrected chi connectivity index (χ0v) is 17.7. The molecule has 2 aliphatic carbocycles. The van der Waals surface area contributed by atoms with Crippen LogP contribution in [0.2, 0.25) is 0 Å². The van der Waals surface area contributed by atoms with Gasteiger partial charge in [-0.25, -0.2) is 8.42 Å². The van der Waals surface area contributed by atoms with Gasteiger partial charge in [0.1, 0.15) is 0 Å². The molecule has 7 nitrogen and oxygen atoms in total. The summed E-state index contributed by atoms with van der Waals surface area (Å²) in [6, 6.07) is 0. The third kappa shape index (κ3) is 45.0. The first-order chi connectivity index (χ1) is 12.2. The van der Waals surface area contributed by atoms with Gasteiger partial charge in [-0.2, -0.15) is 13.2 Å². The van der Waals surface area contributed by atoms with Crippen molar-refractivity contribution in [2.24, 2.45) is 0 Å². The Morgan fingerprint density at radius 3 is 0.714 bits per heavy atom. The molecular weight excluding hydrogens is 583 g/mol. The Morgan fingerprint density at radius 2 is 0.679 bits per heavy atom. The van der Waals surface area contributed by atoms with Gasteiger partial charge in [0, 0.05) is 0 Å². The molecule has 13 heteroatoms. The minimum Gasteiger partial charge on any atom is -0.0312 e. The van der Waals surface area contributed by atoms with Gasteiger partial charge >= 0.3 is 89.7 Å². The summed E-state index contributed by atoms with van der Waals surface area (Å²) < 4.78 is 88.9. The number of halogens is 3. The van der Waals surface area contributed by atoms with Crippen LogP contribution in [0.3, 0.4) is 0 Å². The van der Waals surface area contributed by atoms with E-state index in [0.29, 0.717) is 0 Å². The summed E-state index contributed by atoms with van der Waals surface area (Å²) in [6.07, 6.45) is 20.0. The van der Waals surface area contributed by atoms with E-state index in [0.717, 1.165) is 0 Å². The van der Waals surface area contributed by atoms with Crippen molar-refractivity contribution in [1.29, 1.82) is 0 Å². The molecule has 0 aromatic heterocycles. The molecule has 2 rings (SSSR count). The van der Waals surface area contributed by atoms with Gasteiger partial charge < -0.3 is 4.55 Å². The Morgan fingerprint density at radius 1 is 0.607 bits per heavy atom. The summed E-state index contributed by atoms with van der Waals surface area (Å²) in [5.74, 6) is 0. The van der Waals surface area contributed by atoms with E-state index in [1.807, 2.05) is 64.2 Å². The van der Waals surface area contributed by atoms with Crippen molar-refractivity contribution < 1.29 is 83.7 Å². The molecule has 0 unspecified atom stereocenters. The Bertz CT molecular complexity index is 405. The van der Waals surface area contributed by atoms with Crippen molar-refractivity contribution >= 4 is 10.1 Å². The monoisotopic (exact) mass is 595 g/mol. The molecule has 0 atom stereocenters. The van der Waals surface area contributed by atoms with Crippen LogP contribution < -0.4 is 0 Å². The minimum atomic E-state index is -6.09. The summed E-state index contributed by atoms with van der Waals surface area (Å²) in [4.78, 5) is 0. The molecular formula is C15H10F3O7Ru2S+2. The van der Waals surface area contributed by atoms with Gasteiger partial charge in [0.15, 0.2) is 10.1 Å². The average Bonchev–Trinajstić information content (AvgIpc) is 3.39. The quantitative estimate of drug-likeness (QED) is 0.140. The van der Waals surface area contributed by atoms with Crippen molar-refractivity contribution in [3.05, 3.63) is 90.8 Å². The van der Waals surface area contributed by atoms with Gasteiger partial charge in [0.05, 0.1) is 0 Å². The fraction of sp³-hybridized carbons (Fsp3) is 0.0667.